The highest BCUT2D eigenvalue weighted by atomic mass is 19.1. The Morgan fingerprint density at radius 3 is 2.35 bits per heavy atom. The fourth-order valence-electron chi connectivity index (χ4n) is 2.87. The third-order valence-electron chi connectivity index (χ3n) is 4.26. The number of halogens is 1. The standard InChI is InChI=1S/C21H15FN2O2/c1-26-21(25)15-4-2-13(3-5-15)17-10-16-11-19(24-20(16)23-12-17)14-6-8-18(22)9-7-14/h2-12H,1H3,(H,23,24). The summed E-state index contributed by atoms with van der Waals surface area (Å²) in [4.78, 5) is 19.3. The molecule has 0 spiro atoms. The number of aromatic nitrogens is 2. The second-order valence-corrected chi connectivity index (χ2v) is 5.92. The maximum Gasteiger partial charge on any atom is 0.337 e. The van der Waals surface area contributed by atoms with E-state index in [0.29, 0.717) is 5.56 Å². The van der Waals surface area contributed by atoms with E-state index < -0.39 is 0 Å². The van der Waals surface area contributed by atoms with Crippen LogP contribution in [0.15, 0.2) is 66.9 Å². The number of ether oxygens (including phenoxy) is 1. The average molecular weight is 346 g/mol. The van der Waals surface area contributed by atoms with Gasteiger partial charge in [-0.25, -0.2) is 14.2 Å². The summed E-state index contributed by atoms with van der Waals surface area (Å²) in [5.41, 5.74) is 4.94. The third-order valence-corrected chi connectivity index (χ3v) is 4.26. The van der Waals surface area contributed by atoms with Crippen molar-refractivity contribution in [3.8, 4) is 22.4 Å². The van der Waals surface area contributed by atoms with Gasteiger partial charge in [0.2, 0.25) is 0 Å². The van der Waals surface area contributed by atoms with Gasteiger partial charge in [-0.05, 0) is 59.7 Å². The molecule has 0 bridgehead atoms. The molecule has 0 aliphatic carbocycles. The molecule has 5 heteroatoms. The Hall–Kier alpha value is -3.47. The second-order valence-electron chi connectivity index (χ2n) is 5.92. The zero-order chi connectivity index (χ0) is 18.1. The van der Waals surface area contributed by atoms with Crippen LogP contribution < -0.4 is 0 Å². The van der Waals surface area contributed by atoms with E-state index in [1.54, 1.807) is 30.5 Å². The number of pyridine rings is 1. The SMILES string of the molecule is COC(=O)c1ccc(-c2cnc3[nH]c(-c4ccc(F)cc4)cc3c2)cc1. The van der Waals surface area contributed by atoms with Crippen LogP contribution in [0.2, 0.25) is 0 Å². The molecule has 2 aromatic carbocycles. The minimum atomic E-state index is -0.361. The lowest BCUT2D eigenvalue weighted by Gasteiger charge is -2.03. The Bertz CT molecular complexity index is 1080. The Kier molecular flexibility index (Phi) is 3.97. The highest BCUT2D eigenvalue weighted by molar-refractivity contribution is 5.90. The maximum absolute atomic E-state index is 13.1. The van der Waals surface area contributed by atoms with Gasteiger partial charge in [0.25, 0.3) is 0 Å². The molecule has 4 rings (SSSR count). The first-order valence-corrected chi connectivity index (χ1v) is 8.07. The molecular formula is C21H15FN2O2. The van der Waals surface area contributed by atoms with Crippen LogP contribution in [0.5, 0.6) is 0 Å². The molecule has 0 fully saturated rings. The number of aromatic amines is 1. The first kappa shape index (κ1) is 16.0. The molecular weight excluding hydrogens is 331 g/mol. The number of carbonyl (C=O) groups excluding carboxylic acids is 1. The predicted octanol–water partition coefficient (Wildman–Crippen LogP) is 4.82. The quantitative estimate of drug-likeness (QED) is 0.541. The minimum Gasteiger partial charge on any atom is -0.465 e. The largest absolute Gasteiger partial charge is 0.465 e. The van der Waals surface area contributed by atoms with E-state index in [4.69, 9.17) is 4.74 Å². The normalized spacial score (nSPS) is 10.8. The van der Waals surface area contributed by atoms with Crippen molar-refractivity contribution in [3.05, 3.63) is 78.2 Å². The van der Waals surface area contributed by atoms with Gasteiger partial charge in [0.1, 0.15) is 11.5 Å². The van der Waals surface area contributed by atoms with Crippen molar-refractivity contribution in [1.29, 1.82) is 0 Å². The maximum atomic E-state index is 13.1. The van der Waals surface area contributed by atoms with E-state index >= 15 is 0 Å². The van der Waals surface area contributed by atoms with E-state index in [2.05, 4.69) is 9.97 Å². The third kappa shape index (κ3) is 2.95. The van der Waals surface area contributed by atoms with E-state index in [1.165, 1.54) is 19.2 Å². The van der Waals surface area contributed by atoms with Gasteiger partial charge in [-0.3, -0.25) is 0 Å². The molecule has 1 N–H and O–H groups in total. The van der Waals surface area contributed by atoms with Crippen molar-refractivity contribution >= 4 is 17.0 Å². The number of hydrogen-bond acceptors (Lipinski definition) is 3. The summed E-state index contributed by atoms with van der Waals surface area (Å²) in [6, 6.07) is 17.5. The molecule has 0 saturated carbocycles. The van der Waals surface area contributed by atoms with Gasteiger partial charge in [0.05, 0.1) is 12.7 Å². The number of benzene rings is 2. The molecule has 0 radical (unpaired) electrons. The van der Waals surface area contributed by atoms with Crippen molar-refractivity contribution in [2.75, 3.05) is 7.11 Å². The predicted molar refractivity (Wildman–Crippen MR) is 98.3 cm³/mol. The van der Waals surface area contributed by atoms with Crippen LogP contribution in [0, 0.1) is 5.82 Å². The Balaban J connectivity index is 1.69. The summed E-state index contributed by atoms with van der Waals surface area (Å²) >= 11 is 0. The number of carbonyl (C=O) groups is 1. The molecule has 0 aliphatic rings. The van der Waals surface area contributed by atoms with Crippen LogP contribution in [-0.2, 0) is 4.74 Å². The van der Waals surface area contributed by atoms with Gasteiger partial charge < -0.3 is 9.72 Å². The monoisotopic (exact) mass is 346 g/mol. The summed E-state index contributed by atoms with van der Waals surface area (Å²) in [7, 11) is 1.36. The Morgan fingerprint density at radius 2 is 1.65 bits per heavy atom. The molecule has 2 aromatic heterocycles. The molecule has 128 valence electrons. The van der Waals surface area contributed by atoms with Crippen LogP contribution >= 0.6 is 0 Å². The lowest BCUT2D eigenvalue weighted by molar-refractivity contribution is 0.0601. The lowest BCUT2D eigenvalue weighted by atomic mass is 10.0. The van der Waals surface area contributed by atoms with Crippen LogP contribution in [0.1, 0.15) is 10.4 Å². The van der Waals surface area contributed by atoms with E-state index in [9.17, 15) is 9.18 Å². The number of H-pyrrole nitrogens is 1. The number of nitrogens with one attached hydrogen (secondary N) is 1. The molecule has 4 aromatic rings. The number of fused-ring (bicyclic) bond motifs is 1. The van der Waals surface area contributed by atoms with Crippen LogP contribution in [0.4, 0.5) is 4.39 Å². The molecule has 0 atom stereocenters. The molecule has 2 heterocycles. The number of rotatable bonds is 3. The van der Waals surface area contributed by atoms with Crippen molar-refractivity contribution in [1.82, 2.24) is 9.97 Å². The summed E-state index contributed by atoms with van der Waals surface area (Å²) in [6.07, 6.45) is 1.78. The van der Waals surface area contributed by atoms with Crippen molar-refractivity contribution in [2.24, 2.45) is 0 Å². The smallest absolute Gasteiger partial charge is 0.337 e. The number of nitrogens with zero attached hydrogens (tertiary/aromatic N) is 1. The summed E-state index contributed by atoms with van der Waals surface area (Å²) in [6.45, 7) is 0. The first-order chi connectivity index (χ1) is 12.6. The van der Waals surface area contributed by atoms with Gasteiger partial charge in [-0.1, -0.05) is 12.1 Å². The van der Waals surface area contributed by atoms with Crippen LogP contribution in [0.25, 0.3) is 33.4 Å². The molecule has 0 amide bonds. The Morgan fingerprint density at radius 1 is 0.962 bits per heavy atom. The first-order valence-electron chi connectivity index (χ1n) is 8.07. The summed E-state index contributed by atoms with van der Waals surface area (Å²) in [5.74, 6) is -0.625. The van der Waals surface area contributed by atoms with E-state index in [0.717, 1.165) is 33.4 Å². The number of hydrogen-bond donors (Lipinski definition) is 1. The number of methoxy groups -OCH3 is 1. The highest BCUT2D eigenvalue weighted by Crippen LogP contribution is 2.27. The molecule has 26 heavy (non-hydrogen) atoms. The van der Waals surface area contributed by atoms with Gasteiger partial charge >= 0.3 is 5.97 Å². The van der Waals surface area contributed by atoms with Crippen molar-refractivity contribution < 1.29 is 13.9 Å². The zero-order valence-corrected chi connectivity index (χ0v) is 14.0. The summed E-state index contributed by atoms with van der Waals surface area (Å²) in [5, 5.41) is 0.957. The lowest BCUT2D eigenvalue weighted by Crippen LogP contribution is -2.00. The van der Waals surface area contributed by atoms with E-state index in [1.807, 2.05) is 24.3 Å². The van der Waals surface area contributed by atoms with Gasteiger partial charge in [-0.15, -0.1) is 0 Å². The highest BCUT2D eigenvalue weighted by Gasteiger charge is 2.08. The topological polar surface area (TPSA) is 55.0 Å². The van der Waals surface area contributed by atoms with Gasteiger partial charge in [-0.2, -0.15) is 0 Å². The van der Waals surface area contributed by atoms with Gasteiger partial charge in [0.15, 0.2) is 0 Å². The Labute approximate surface area is 149 Å². The van der Waals surface area contributed by atoms with Crippen molar-refractivity contribution in [2.45, 2.75) is 0 Å². The minimum absolute atomic E-state index is 0.263. The molecule has 4 nitrogen and oxygen atoms in total. The van der Waals surface area contributed by atoms with E-state index in [-0.39, 0.29) is 11.8 Å². The molecule has 0 unspecified atom stereocenters. The fourth-order valence-corrected chi connectivity index (χ4v) is 2.87. The van der Waals surface area contributed by atoms with Crippen LogP contribution in [0.3, 0.4) is 0 Å². The van der Waals surface area contributed by atoms with Crippen molar-refractivity contribution in [3.63, 3.8) is 0 Å². The van der Waals surface area contributed by atoms with Crippen LogP contribution in [-0.4, -0.2) is 23.0 Å². The van der Waals surface area contributed by atoms with Gasteiger partial charge in [0, 0.05) is 22.8 Å². The average Bonchev–Trinajstić information content (AvgIpc) is 3.11. The second kappa shape index (κ2) is 6.44. The summed E-state index contributed by atoms with van der Waals surface area (Å²) < 4.78 is 17.8. The number of esters is 1. The fraction of sp³-hybridized carbons (Fsp3) is 0.0476. The zero-order valence-electron chi connectivity index (χ0n) is 14.0. The molecule has 0 saturated heterocycles. The molecule has 0 aliphatic heterocycles.